The summed E-state index contributed by atoms with van der Waals surface area (Å²) >= 11 is 1.50. The standard InChI is InChI=1S/C10H10N4OS/c11-8-3-7(4-12-5-8)10(15)14-6-9-13-1-2-16-9/h1-5H,6,11H2,(H,14,15). The third kappa shape index (κ3) is 2.54. The molecule has 0 aliphatic heterocycles. The lowest BCUT2D eigenvalue weighted by Gasteiger charge is -2.03. The van der Waals surface area contributed by atoms with Crippen LogP contribution < -0.4 is 11.1 Å². The van der Waals surface area contributed by atoms with Crippen LogP contribution in [0.15, 0.2) is 30.0 Å². The molecular weight excluding hydrogens is 224 g/mol. The number of nitrogen functional groups attached to an aromatic ring is 1. The van der Waals surface area contributed by atoms with Crippen LogP contribution in [0.1, 0.15) is 15.4 Å². The number of hydrogen-bond donors (Lipinski definition) is 2. The van der Waals surface area contributed by atoms with Crippen molar-refractivity contribution < 1.29 is 4.79 Å². The van der Waals surface area contributed by atoms with E-state index in [-0.39, 0.29) is 5.91 Å². The summed E-state index contributed by atoms with van der Waals surface area (Å²) in [4.78, 5) is 19.6. The van der Waals surface area contributed by atoms with E-state index in [1.165, 1.54) is 23.7 Å². The lowest BCUT2D eigenvalue weighted by atomic mass is 10.2. The number of carbonyl (C=O) groups is 1. The maximum atomic E-state index is 11.7. The van der Waals surface area contributed by atoms with Crippen molar-refractivity contribution in [2.45, 2.75) is 6.54 Å². The molecule has 5 nitrogen and oxygen atoms in total. The van der Waals surface area contributed by atoms with E-state index in [9.17, 15) is 4.79 Å². The summed E-state index contributed by atoms with van der Waals surface area (Å²) in [5.41, 5.74) is 6.46. The number of rotatable bonds is 3. The smallest absolute Gasteiger partial charge is 0.253 e. The van der Waals surface area contributed by atoms with Crippen LogP contribution in [0, 0.1) is 0 Å². The largest absolute Gasteiger partial charge is 0.397 e. The molecule has 2 heterocycles. The molecule has 2 rings (SSSR count). The van der Waals surface area contributed by atoms with Crippen molar-refractivity contribution in [1.82, 2.24) is 15.3 Å². The molecule has 82 valence electrons. The van der Waals surface area contributed by atoms with E-state index < -0.39 is 0 Å². The Morgan fingerprint density at radius 3 is 3.06 bits per heavy atom. The van der Waals surface area contributed by atoms with Crippen molar-refractivity contribution in [3.8, 4) is 0 Å². The van der Waals surface area contributed by atoms with Gasteiger partial charge in [-0.15, -0.1) is 11.3 Å². The quantitative estimate of drug-likeness (QED) is 0.831. The Morgan fingerprint density at radius 2 is 2.38 bits per heavy atom. The summed E-state index contributed by atoms with van der Waals surface area (Å²) < 4.78 is 0. The highest BCUT2D eigenvalue weighted by Gasteiger charge is 2.06. The number of nitrogens with zero attached hydrogens (tertiary/aromatic N) is 2. The van der Waals surface area contributed by atoms with Crippen LogP contribution in [0.3, 0.4) is 0 Å². The first-order valence-corrected chi connectivity index (χ1v) is 5.51. The molecule has 0 aromatic carbocycles. The molecule has 2 aromatic rings. The number of nitrogens with one attached hydrogen (secondary N) is 1. The number of hydrogen-bond acceptors (Lipinski definition) is 5. The minimum absolute atomic E-state index is 0.199. The summed E-state index contributed by atoms with van der Waals surface area (Å²) in [6.07, 6.45) is 4.68. The number of amides is 1. The monoisotopic (exact) mass is 234 g/mol. The SMILES string of the molecule is Nc1cncc(C(=O)NCc2nccs2)c1. The number of thiazole rings is 1. The molecule has 0 bridgehead atoms. The normalized spacial score (nSPS) is 10.0. The number of pyridine rings is 1. The summed E-state index contributed by atoms with van der Waals surface area (Å²) in [7, 11) is 0. The molecule has 16 heavy (non-hydrogen) atoms. The van der Waals surface area contributed by atoms with E-state index in [2.05, 4.69) is 15.3 Å². The zero-order valence-electron chi connectivity index (χ0n) is 8.38. The van der Waals surface area contributed by atoms with Gasteiger partial charge in [0.25, 0.3) is 5.91 Å². The molecule has 2 aromatic heterocycles. The van der Waals surface area contributed by atoms with Gasteiger partial charge in [-0.2, -0.15) is 0 Å². The van der Waals surface area contributed by atoms with Gasteiger partial charge >= 0.3 is 0 Å². The Balaban J connectivity index is 1.98. The van der Waals surface area contributed by atoms with Crippen LogP contribution in [0.5, 0.6) is 0 Å². The molecule has 0 spiro atoms. The van der Waals surface area contributed by atoms with E-state index in [1.54, 1.807) is 12.3 Å². The zero-order chi connectivity index (χ0) is 11.4. The Kier molecular flexibility index (Phi) is 3.11. The van der Waals surface area contributed by atoms with Crippen molar-refractivity contribution >= 4 is 22.9 Å². The number of anilines is 1. The molecule has 0 unspecified atom stereocenters. The average Bonchev–Trinajstić information content (AvgIpc) is 2.78. The fraction of sp³-hybridized carbons (Fsp3) is 0.100. The first kappa shape index (κ1) is 10.6. The summed E-state index contributed by atoms with van der Waals surface area (Å²) in [5, 5.41) is 5.47. The third-order valence-electron chi connectivity index (χ3n) is 1.91. The molecule has 0 radical (unpaired) electrons. The van der Waals surface area contributed by atoms with Crippen LogP contribution >= 0.6 is 11.3 Å². The Morgan fingerprint density at radius 1 is 1.50 bits per heavy atom. The van der Waals surface area contributed by atoms with Gasteiger partial charge in [-0.3, -0.25) is 9.78 Å². The molecule has 0 saturated carbocycles. The summed E-state index contributed by atoms with van der Waals surface area (Å²) in [6.45, 7) is 0.422. The van der Waals surface area contributed by atoms with Gasteiger partial charge in [-0.1, -0.05) is 0 Å². The van der Waals surface area contributed by atoms with Crippen molar-refractivity contribution in [1.29, 1.82) is 0 Å². The molecule has 0 fully saturated rings. The first-order chi connectivity index (χ1) is 7.75. The third-order valence-corrected chi connectivity index (χ3v) is 2.68. The van der Waals surface area contributed by atoms with Gasteiger partial charge in [0.15, 0.2) is 0 Å². The second-order valence-electron chi connectivity index (χ2n) is 3.12. The maximum Gasteiger partial charge on any atom is 0.253 e. The first-order valence-electron chi connectivity index (χ1n) is 4.63. The fourth-order valence-electron chi connectivity index (χ4n) is 1.18. The molecule has 0 aliphatic rings. The highest BCUT2D eigenvalue weighted by atomic mass is 32.1. The van der Waals surface area contributed by atoms with Gasteiger partial charge in [-0.05, 0) is 6.07 Å². The second kappa shape index (κ2) is 4.71. The predicted octanol–water partition coefficient (Wildman–Crippen LogP) is 1.05. The highest BCUT2D eigenvalue weighted by Crippen LogP contribution is 2.06. The molecular formula is C10H10N4OS. The number of aromatic nitrogens is 2. The Labute approximate surface area is 96.3 Å². The van der Waals surface area contributed by atoms with Gasteiger partial charge in [0, 0.05) is 24.0 Å². The minimum Gasteiger partial charge on any atom is -0.397 e. The van der Waals surface area contributed by atoms with E-state index in [4.69, 9.17) is 5.73 Å². The van der Waals surface area contributed by atoms with Crippen molar-refractivity contribution in [3.63, 3.8) is 0 Å². The minimum atomic E-state index is -0.199. The number of nitrogens with two attached hydrogens (primary N) is 1. The van der Waals surface area contributed by atoms with Crippen LogP contribution in [0.2, 0.25) is 0 Å². The summed E-state index contributed by atoms with van der Waals surface area (Å²) in [5.74, 6) is -0.199. The predicted molar refractivity (Wildman–Crippen MR) is 61.9 cm³/mol. The van der Waals surface area contributed by atoms with Gasteiger partial charge < -0.3 is 11.1 Å². The molecule has 1 amide bonds. The molecule has 0 aliphatic carbocycles. The topological polar surface area (TPSA) is 80.9 Å². The van der Waals surface area contributed by atoms with Crippen LogP contribution in [0.4, 0.5) is 5.69 Å². The molecule has 3 N–H and O–H groups in total. The average molecular weight is 234 g/mol. The van der Waals surface area contributed by atoms with Gasteiger partial charge in [0.2, 0.25) is 0 Å². The van der Waals surface area contributed by atoms with Crippen molar-refractivity contribution in [2.75, 3.05) is 5.73 Å². The number of carbonyl (C=O) groups excluding carboxylic acids is 1. The van der Waals surface area contributed by atoms with E-state index >= 15 is 0 Å². The highest BCUT2D eigenvalue weighted by molar-refractivity contribution is 7.09. The lowest BCUT2D eigenvalue weighted by Crippen LogP contribution is -2.22. The van der Waals surface area contributed by atoms with E-state index in [0.29, 0.717) is 17.8 Å². The van der Waals surface area contributed by atoms with E-state index in [0.717, 1.165) is 5.01 Å². The second-order valence-corrected chi connectivity index (χ2v) is 4.09. The molecule has 0 atom stereocenters. The van der Waals surface area contributed by atoms with Gasteiger partial charge in [-0.25, -0.2) is 4.98 Å². The van der Waals surface area contributed by atoms with Crippen LogP contribution in [0.25, 0.3) is 0 Å². The molecule has 0 saturated heterocycles. The summed E-state index contributed by atoms with van der Waals surface area (Å²) in [6, 6.07) is 1.59. The zero-order valence-corrected chi connectivity index (χ0v) is 9.20. The molecule has 6 heteroatoms. The van der Waals surface area contributed by atoms with Gasteiger partial charge in [0.05, 0.1) is 17.8 Å². The Bertz CT molecular complexity index is 483. The Hall–Kier alpha value is -1.95. The van der Waals surface area contributed by atoms with Crippen LogP contribution in [-0.2, 0) is 6.54 Å². The van der Waals surface area contributed by atoms with Crippen LogP contribution in [-0.4, -0.2) is 15.9 Å². The lowest BCUT2D eigenvalue weighted by molar-refractivity contribution is 0.0950. The maximum absolute atomic E-state index is 11.7. The van der Waals surface area contributed by atoms with E-state index in [1.807, 2.05) is 5.38 Å². The van der Waals surface area contributed by atoms with Crippen molar-refractivity contribution in [2.24, 2.45) is 0 Å². The van der Waals surface area contributed by atoms with Gasteiger partial charge in [0.1, 0.15) is 5.01 Å². The van der Waals surface area contributed by atoms with Crippen molar-refractivity contribution in [3.05, 3.63) is 40.6 Å². The fourth-order valence-corrected chi connectivity index (χ4v) is 1.74.